The number of nitrogens with zero attached hydrogens (tertiary/aromatic N) is 1. The van der Waals surface area contributed by atoms with E-state index in [4.69, 9.17) is 4.74 Å². The standard InChI is InChI=1S/C10H17N3O/c1-6-10(7(2)13-12-6)11-9-4-5-14-8(9)3/h8-9,11H,4-5H2,1-3H3,(H,12,13). The van der Waals surface area contributed by atoms with E-state index in [2.05, 4.69) is 22.4 Å². The lowest BCUT2D eigenvalue weighted by Crippen LogP contribution is -2.27. The molecule has 2 rings (SSSR count). The summed E-state index contributed by atoms with van der Waals surface area (Å²) in [5.41, 5.74) is 3.26. The second-order valence-corrected chi connectivity index (χ2v) is 3.92. The molecule has 0 spiro atoms. The van der Waals surface area contributed by atoms with Crippen LogP contribution in [0.5, 0.6) is 0 Å². The Hall–Kier alpha value is -1.03. The molecule has 0 aliphatic carbocycles. The lowest BCUT2D eigenvalue weighted by atomic mass is 10.1. The number of hydrogen-bond donors (Lipinski definition) is 2. The van der Waals surface area contributed by atoms with Gasteiger partial charge in [0.2, 0.25) is 0 Å². The Balaban J connectivity index is 2.10. The van der Waals surface area contributed by atoms with Gasteiger partial charge in [0.25, 0.3) is 0 Å². The molecule has 0 saturated carbocycles. The largest absolute Gasteiger partial charge is 0.377 e. The molecule has 1 aromatic heterocycles. The van der Waals surface area contributed by atoms with E-state index in [0.717, 1.165) is 30.1 Å². The maximum absolute atomic E-state index is 5.50. The van der Waals surface area contributed by atoms with Crippen molar-refractivity contribution in [3.05, 3.63) is 11.4 Å². The van der Waals surface area contributed by atoms with Crippen molar-refractivity contribution >= 4 is 5.69 Å². The third kappa shape index (κ3) is 1.62. The van der Waals surface area contributed by atoms with Gasteiger partial charge in [0.1, 0.15) is 0 Å². The highest BCUT2D eigenvalue weighted by Gasteiger charge is 2.25. The Kier molecular flexibility index (Phi) is 2.46. The minimum Gasteiger partial charge on any atom is -0.377 e. The SMILES string of the molecule is Cc1n[nH]c(C)c1NC1CCOC1C. The van der Waals surface area contributed by atoms with Crippen LogP contribution < -0.4 is 5.32 Å². The second-order valence-electron chi connectivity index (χ2n) is 3.92. The molecular formula is C10H17N3O. The number of rotatable bonds is 2. The highest BCUT2D eigenvalue weighted by Crippen LogP contribution is 2.22. The molecule has 2 atom stereocenters. The maximum atomic E-state index is 5.50. The zero-order chi connectivity index (χ0) is 10.1. The van der Waals surface area contributed by atoms with Crippen LogP contribution in [0.25, 0.3) is 0 Å². The summed E-state index contributed by atoms with van der Waals surface area (Å²) in [5, 5.41) is 10.6. The molecule has 78 valence electrons. The predicted octanol–water partition coefficient (Wildman–Crippen LogP) is 1.62. The van der Waals surface area contributed by atoms with Gasteiger partial charge in [-0.3, -0.25) is 5.10 Å². The van der Waals surface area contributed by atoms with Crippen LogP contribution in [0.4, 0.5) is 5.69 Å². The molecule has 1 aliphatic heterocycles. The van der Waals surface area contributed by atoms with E-state index < -0.39 is 0 Å². The fraction of sp³-hybridized carbons (Fsp3) is 0.700. The second kappa shape index (κ2) is 3.61. The Bertz CT molecular complexity index is 302. The number of aromatic nitrogens is 2. The fourth-order valence-electron chi connectivity index (χ4n) is 1.87. The molecule has 0 radical (unpaired) electrons. The van der Waals surface area contributed by atoms with Gasteiger partial charge in [-0.15, -0.1) is 0 Å². The molecule has 4 heteroatoms. The summed E-state index contributed by atoms with van der Waals surface area (Å²) in [6, 6.07) is 0.421. The van der Waals surface area contributed by atoms with Crippen LogP contribution in [0.1, 0.15) is 24.7 Å². The van der Waals surface area contributed by atoms with Crippen molar-refractivity contribution in [1.82, 2.24) is 10.2 Å². The lowest BCUT2D eigenvalue weighted by Gasteiger charge is -2.17. The van der Waals surface area contributed by atoms with Gasteiger partial charge < -0.3 is 10.1 Å². The van der Waals surface area contributed by atoms with E-state index >= 15 is 0 Å². The normalized spacial score (nSPS) is 26.8. The molecule has 1 fully saturated rings. The van der Waals surface area contributed by atoms with Crippen molar-refractivity contribution in [2.75, 3.05) is 11.9 Å². The number of nitrogens with one attached hydrogen (secondary N) is 2. The van der Waals surface area contributed by atoms with Crippen LogP contribution in [0, 0.1) is 13.8 Å². The zero-order valence-corrected chi connectivity index (χ0v) is 8.92. The minimum absolute atomic E-state index is 0.295. The van der Waals surface area contributed by atoms with Gasteiger partial charge in [0, 0.05) is 6.61 Å². The smallest absolute Gasteiger partial charge is 0.0825 e. The first kappa shape index (κ1) is 9.52. The van der Waals surface area contributed by atoms with Crippen molar-refractivity contribution in [3.8, 4) is 0 Å². The zero-order valence-electron chi connectivity index (χ0n) is 8.92. The topological polar surface area (TPSA) is 49.9 Å². The molecule has 2 unspecified atom stereocenters. The number of hydrogen-bond acceptors (Lipinski definition) is 3. The molecule has 4 nitrogen and oxygen atoms in total. The van der Waals surface area contributed by atoms with Gasteiger partial charge in [0.05, 0.1) is 29.2 Å². The number of anilines is 1. The van der Waals surface area contributed by atoms with E-state index in [1.54, 1.807) is 0 Å². The molecule has 2 heterocycles. The summed E-state index contributed by atoms with van der Waals surface area (Å²) < 4.78 is 5.50. The van der Waals surface area contributed by atoms with Gasteiger partial charge in [-0.05, 0) is 27.2 Å². The molecule has 0 amide bonds. The van der Waals surface area contributed by atoms with Crippen LogP contribution in [0.15, 0.2) is 0 Å². The first-order chi connectivity index (χ1) is 6.68. The van der Waals surface area contributed by atoms with Crippen molar-refractivity contribution in [2.45, 2.75) is 39.3 Å². The first-order valence-electron chi connectivity index (χ1n) is 5.08. The fourth-order valence-corrected chi connectivity index (χ4v) is 1.87. The quantitative estimate of drug-likeness (QED) is 0.754. The minimum atomic E-state index is 0.295. The van der Waals surface area contributed by atoms with Crippen LogP contribution in [0.3, 0.4) is 0 Å². The molecule has 2 N–H and O–H groups in total. The number of ether oxygens (including phenoxy) is 1. The number of aryl methyl sites for hydroxylation is 2. The summed E-state index contributed by atoms with van der Waals surface area (Å²) in [6.45, 7) is 7.00. The van der Waals surface area contributed by atoms with Gasteiger partial charge in [-0.2, -0.15) is 5.10 Å². The van der Waals surface area contributed by atoms with E-state index in [1.807, 2.05) is 13.8 Å². The Morgan fingerprint density at radius 1 is 1.50 bits per heavy atom. The maximum Gasteiger partial charge on any atom is 0.0825 e. The highest BCUT2D eigenvalue weighted by molar-refractivity contribution is 5.52. The Morgan fingerprint density at radius 3 is 2.79 bits per heavy atom. The van der Waals surface area contributed by atoms with E-state index in [0.29, 0.717) is 12.1 Å². The van der Waals surface area contributed by atoms with Gasteiger partial charge >= 0.3 is 0 Å². The van der Waals surface area contributed by atoms with Crippen LogP contribution in [-0.4, -0.2) is 29.0 Å². The molecular weight excluding hydrogens is 178 g/mol. The van der Waals surface area contributed by atoms with Crippen LogP contribution in [-0.2, 0) is 4.74 Å². The molecule has 0 aromatic carbocycles. The summed E-state index contributed by atoms with van der Waals surface area (Å²) in [5.74, 6) is 0. The van der Waals surface area contributed by atoms with Crippen LogP contribution >= 0.6 is 0 Å². The van der Waals surface area contributed by atoms with Gasteiger partial charge in [0.15, 0.2) is 0 Å². The molecule has 1 aromatic rings. The lowest BCUT2D eigenvalue weighted by molar-refractivity contribution is 0.121. The molecule has 14 heavy (non-hydrogen) atoms. The van der Waals surface area contributed by atoms with Crippen molar-refractivity contribution in [1.29, 1.82) is 0 Å². The van der Waals surface area contributed by atoms with Crippen LogP contribution in [0.2, 0.25) is 0 Å². The van der Waals surface area contributed by atoms with Gasteiger partial charge in [-0.25, -0.2) is 0 Å². The third-order valence-electron chi connectivity index (χ3n) is 2.83. The molecule has 1 aliphatic rings. The average molecular weight is 195 g/mol. The summed E-state index contributed by atoms with van der Waals surface area (Å²) in [4.78, 5) is 0. The van der Waals surface area contributed by atoms with Gasteiger partial charge in [-0.1, -0.05) is 0 Å². The summed E-state index contributed by atoms with van der Waals surface area (Å²) in [7, 11) is 0. The van der Waals surface area contributed by atoms with E-state index in [1.165, 1.54) is 0 Å². The Morgan fingerprint density at radius 2 is 2.29 bits per heavy atom. The Labute approximate surface area is 84.0 Å². The van der Waals surface area contributed by atoms with E-state index in [9.17, 15) is 0 Å². The highest BCUT2D eigenvalue weighted by atomic mass is 16.5. The number of aromatic amines is 1. The van der Waals surface area contributed by atoms with Crippen molar-refractivity contribution in [3.63, 3.8) is 0 Å². The molecule has 1 saturated heterocycles. The molecule has 0 bridgehead atoms. The summed E-state index contributed by atoms with van der Waals surface area (Å²) >= 11 is 0. The van der Waals surface area contributed by atoms with Crippen molar-refractivity contribution < 1.29 is 4.74 Å². The first-order valence-corrected chi connectivity index (χ1v) is 5.08. The summed E-state index contributed by atoms with van der Waals surface area (Å²) in [6.07, 6.45) is 1.37. The third-order valence-corrected chi connectivity index (χ3v) is 2.83. The van der Waals surface area contributed by atoms with Crippen molar-refractivity contribution in [2.24, 2.45) is 0 Å². The van der Waals surface area contributed by atoms with E-state index in [-0.39, 0.29) is 0 Å². The number of H-pyrrole nitrogens is 1. The average Bonchev–Trinajstić information content (AvgIpc) is 2.67. The monoisotopic (exact) mass is 195 g/mol. The predicted molar refractivity (Wildman–Crippen MR) is 55.5 cm³/mol.